The fourth-order valence-corrected chi connectivity index (χ4v) is 2.73. The minimum atomic E-state index is -0.407. The van der Waals surface area contributed by atoms with Gasteiger partial charge >= 0.3 is 12.0 Å². The van der Waals surface area contributed by atoms with Crippen molar-refractivity contribution in [1.82, 2.24) is 10.3 Å². The number of amides is 2. The summed E-state index contributed by atoms with van der Waals surface area (Å²) >= 11 is 0. The van der Waals surface area contributed by atoms with Crippen LogP contribution in [0.5, 0.6) is 0 Å². The number of rotatable bonds is 4. The molecule has 0 saturated heterocycles. The van der Waals surface area contributed by atoms with Crippen molar-refractivity contribution in [2.75, 3.05) is 12.4 Å². The standard InChI is InChI=1S/C24H21N3O3/c1-17(22-11-3-4-14-25-22)26-24(29)27-21-10-6-8-19(16-21)13-12-18-7-5-9-20(15-18)23(28)30-2/h3-11,14-17H,1-2H3,(H2,26,27,29). The van der Waals surface area contributed by atoms with Crippen LogP contribution in [-0.2, 0) is 4.74 Å². The van der Waals surface area contributed by atoms with Gasteiger partial charge in [-0.25, -0.2) is 9.59 Å². The normalized spacial score (nSPS) is 10.9. The summed E-state index contributed by atoms with van der Waals surface area (Å²) in [5.41, 5.74) is 3.27. The summed E-state index contributed by atoms with van der Waals surface area (Å²) in [7, 11) is 1.34. The minimum Gasteiger partial charge on any atom is -0.465 e. The number of urea groups is 1. The summed E-state index contributed by atoms with van der Waals surface area (Å²) in [6, 6.07) is 19.1. The summed E-state index contributed by atoms with van der Waals surface area (Å²) in [6.07, 6.45) is 1.69. The molecule has 2 amide bonds. The molecule has 1 atom stereocenters. The van der Waals surface area contributed by atoms with E-state index in [0.29, 0.717) is 16.8 Å². The Morgan fingerprint density at radius 3 is 2.40 bits per heavy atom. The van der Waals surface area contributed by atoms with E-state index >= 15 is 0 Å². The van der Waals surface area contributed by atoms with Crippen molar-refractivity contribution in [1.29, 1.82) is 0 Å². The molecular weight excluding hydrogens is 378 g/mol. The molecule has 6 heteroatoms. The summed E-state index contributed by atoms with van der Waals surface area (Å²) in [5, 5.41) is 5.66. The van der Waals surface area contributed by atoms with Crippen molar-refractivity contribution in [2.45, 2.75) is 13.0 Å². The Kier molecular flexibility index (Phi) is 6.80. The van der Waals surface area contributed by atoms with Crippen LogP contribution in [-0.4, -0.2) is 24.1 Å². The van der Waals surface area contributed by atoms with Crippen LogP contribution in [0, 0.1) is 11.8 Å². The lowest BCUT2D eigenvalue weighted by molar-refractivity contribution is 0.0600. The van der Waals surface area contributed by atoms with E-state index in [-0.39, 0.29) is 12.1 Å². The number of carbonyl (C=O) groups is 2. The lowest BCUT2D eigenvalue weighted by atomic mass is 10.1. The van der Waals surface area contributed by atoms with Gasteiger partial charge < -0.3 is 15.4 Å². The molecule has 3 aromatic rings. The fraction of sp³-hybridized carbons (Fsp3) is 0.125. The molecule has 1 aromatic heterocycles. The molecule has 0 aliphatic carbocycles. The number of carbonyl (C=O) groups excluding carboxylic acids is 2. The zero-order valence-electron chi connectivity index (χ0n) is 16.7. The number of hydrogen-bond acceptors (Lipinski definition) is 4. The zero-order valence-corrected chi connectivity index (χ0v) is 16.7. The topological polar surface area (TPSA) is 80.3 Å². The van der Waals surface area contributed by atoms with Crippen molar-refractivity contribution < 1.29 is 14.3 Å². The molecule has 3 rings (SSSR count). The molecule has 1 unspecified atom stereocenters. The predicted molar refractivity (Wildman–Crippen MR) is 115 cm³/mol. The third kappa shape index (κ3) is 5.69. The van der Waals surface area contributed by atoms with Gasteiger partial charge in [0.25, 0.3) is 0 Å². The van der Waals surface area contributed by atoms with Gasteiger partial charge in [-0.3, -0.25) is 4.98 Å². The number of ether oxygens (including phenoxy) is 1. The van der Waals surface area contributed by atoms with E-state index in [1.54, 1.807) is 36.5 Å². The van der Waals surface area contributed by atoms with Gasteiger partial charge in [0.15, 0.2) is 0 Å². The van der Waals surface area contributed by atoms with Crippen molar-refractivity contribution in [3.63, 3.8) is 0 Å². The molecule has 0 aliphatic heterocycles. The first kappa shape index (κ1) is 20.6. The Morgan fingerprint density at radius 1 is 0.967 bits per heavy atom. The number of nitrogens with zero attached hydrogens (tertiary/aromatic N) is 1. The molecular formula is C24H21N3O3. The van der Waals surface area contributed by atoms with Crippen molar-refractivity contribution >= 4 is 17.7 Å². The van der Waals surface area contributed by atoms with Gasteiger partial charge in [0, 0.05) is 23.0 Å². The highest BCUT2D eigenvalue weighted by Gasteiger charge is 2.10. The Labute approximate surface area is 175 Å². The van der Waals surface area contributed by atoms with Gasteiger partial charge in [-0.15, -0.1) is 0 Å². The van der Waals surface area contributed by atoms with Crippen LogP contribution >= 0.6 is 0 Å². The number of anilines is 1. The van der Waals surface area contributed by atoms with Crippen LogP contribution in [0.25, 0.3) is 0 Å². The molecule has 0 bridgehead atoms. The van der Waals surface area contributed by atoms with Crippen LogP contribution in [0.4, 0.5) is 10.5 Å². The predicted octanol–water partition coefficient (Wildman–Crippen LogP) is 4.15. The number of benzene rings is 2. The lowest BCUT2D eigenvalue weighted by Gasteiger charge is -2.14. The first-order valence-electron chi connectivity index (χ1n) is 9.34. The number of hydrogen-bond donors (Lipinski definition) is 2. The first-order valence-corrected chi connectivity index (χ1v) is 9.34. The van der Waals surface area contributed by atoms with Crippen LogP contribution < -0.4 is 10.6 Å². The van der Waals surface area contributed by atoms with Crippen molar-refractivity contribution in [3.05, 3.63) is 95.3 Å². The zero-order chi connectivity index (χ0) is 21.3. The number of pyridine rings is 1. The van der Waals surface area contributed by atoms with Crippen LogP contribution in [0.15, 0.2) is 72.9 Å². The molecule has 0 fully saturated rings. The van der Waals surface area contributed by atoms with Crippen molar-refractivity contribution in [3.8, 4) is 11.8 Å². The Bertz CT molecular complexity index is 1100. The highest BCUT2D eigenvalue weighted by atomic mass is 16.5. The molecule has 1 heterocycles. The second-order valence-corrected chi connectivity index (χ2v) is 6.48. The number of methoxy groups -OCH3 is 1. The number of esters is 1. The van der Waals surface area contributed by atoms with Gasteiger partial charge in [-0.1, -0.05) is 30.0 Å². The smallest absolute Gasteiger partial charge is 0.337 e. The highest BCUT2D eigenvalue weighted by molar-refractivity contribution is 5.90. The quantitative estimate of drug-likeness (QED) is 0.510. The van der Waals surface area contributed by atoms with E-state index in [1.807, 2.05) is 43.3 Å². The van der Waals surface area contributed by atoms with Crippen molar-refractivity contribution in [2.24, 2.45) is 0 Å². The summed E-state index contributed by atoms with van der Waals surface area (Å²) in [4.78, 5) is 28.2. The van der Waals surface area contributed by atoms with Crippen LogP contribution in [0.2, 0.25) is 0 Å². The fourth-order valence-electron chi connectivity index (χ4n) is 2.73. The minimum absolute atomic E-state index is 0.226. The molecule has 0 radical (unpaired) electrons. The second-order valence-electron chi connectivity index (χ2n) is 6.48. The molecule has 0 spiro atoms. The molecule has 150 valence electrons. The Hall–Kier alpha value is -4.11. The molecule has 0 saturated carbocycles. The van der Waals surface area contributed by atoms with Gasteiger partial charge in [-0.05, 0) is 55.5 Å². The largest absolute Gasteiger partial charge is 0.465 e. The van der Waals surface area contributed by atoms with Gasteiger partial charge in [0.2, 0.25) is 0 Å². The third-order valence-electron chi connectivity index (χ3n) is 4.23. The van der Waals surface area contributed by atoms with Crippen LogP contribution in [0.1, 0.15) is 40.1 Å². The SMILES string of the molecule is COC(=O)c1cccc(C#Cc2cccc(NC(=O)NC(C)c3ccccn3)c2)c1. The lowest BCUT2D eigenvalue weighted by Crippen LogP contribution is -2.31. The summed E-state index contributed by atoms with van der Waals surface area (Å²) < 4.78 is 4.73. The summed E-state index contributed by atoms with van der Waals surface area (Å²) in [6.45, 7) is 1.87. The molecule has 2 N–H and O–H groups in total. The Morgan fingerprint density at radius 2 is 1.70 bits per heavy atom. The second kappa shape index (κ2) is 9.89. The molecule has 2 aromatic carbocycles. The monoisotopic (exact) mass is 399 g/mol. The van der Waals surface area contributed by atoms with Gasteiger partial charge in [0.05, 0.1) is 24.4 Å². The molecule has 6 nitrogen and oxygen atoms in total. The maximum Gasteiger partial charge on any atom is 0.337 e. The van der Waals surface area contributed by atoms with E-state index in [1.165, 1.54) is 7.11 Å². The molecule has 0 aliphatic rings. The van der Waals surface area contributed by atoms with Crippen LogP contribution in [0.3, 0.4) is 0 Å². The number of nitrogens with one attached hydrogen (secondary N) is 2. The van der Waals surface area contributed by atoms with E-state index in [9.17, 15) is 9.59 Å². The van der Waals surface area contributed by atoms with E-state index in [2.05, 4.69) is 27.5 Å². The maximum atomic E-state index is 12.3. The highest BCUT2D eigenvalue weighted by Crippen LogP contribution is 2.12. The van der Waals surface area contributed by atoms with E-state index < -0.39 is 5.97 Å². The molecule has 30 heavy (non-hydrogen) atoms. The average Bonchev–Trinajstić information content (AvgIpc) is 2.78. The van der Waals surface area contributed by atoms with Gasteiger partial charge in [-0.2, -0.15) is 0 Å². The van der Waals surface area contributed by atoms with E-state index in [4.69, 9.17) is 4.74 Å². The Balaban J connectivity index is 1.66. The maximum absolute atomic E-state index is 12.3. The first-order chi connectivity index (χ1) is 14.5. The number of aromatic nitrogens is 1. The average molecular weight is 399 g/mol. The van der Waals surface area contributed by atoms with E-state index in [0.717, 1.165) is 11.3 Å². The summed E-state index contributed by atoms with van der Waals surface area (Å²) in [5.74, 6) is 5.66. The van der Waals surface area contributed by atoms with Gasteiger partial charge in [0.1, 0.15) is 0 Å². The third-order valence-corrected chi connectivity index (χ3v) is 4.23.